The molecule has 1 fully saturated rings. The van der Waals surface area contributed by atoms with Gasteiger partial charge in [0.2, 0.25) is 10.0 Å². The number of halogens is 1. The zero-order chi connectivity index (χ0) is 22.1. The van der Waals surface area contributed by atoms with Gasteiger partial charge >= 0.3 is 0 Å². The summed E-state index contributed by atoms with van der Waals surface area (Å²) in [5.41, 5.74) is 1.85. The zero-order valence-electron chi connectivity index (χ0n) is 18.7. The van der Waals surface area contributed by atoms with Gasteiger partial charge in [-0.25, -0.2) is 8.42 Å². The molecule has 0 saturated carbocycles. The summed E-state index contributed by atoms with van der Waals surface area (Å²) in [6.07, 6.45) is 3.71. The van der Waals surface area contributed by atoms with E-state index in [0.29, 0.717) is 37.0 Å². The molecule has 0 amide bonds. The van der Waals surface area contributed by atoms with E-state index in [1.54, 1.807) is 30.6 Å². The van der Waals surface area contributed by atoms with Crippen molar-refractivity contribution in [3.8, 4) is 5.75 Å². The minimum Gasteiger partial charge on any atom is -0.496 e. The van der Waals surface area contributed by atoms with Crippen molar-refractivity contribution in [1.29, 1.82) is 0 Å². The molecule has 0 bridgehead atoms. The number of benzene rings is 2. The molecule has 0 atom stereocenters. The summed E-state index contributed by atoms with van der Waals surface area (Å²) in [4.78, 5) is 4.63. The van der Waals surface area contributed by atoms with Crippen LogP contribution in [0.4, 0.5) is 0 Å². The minimum absolute atomic E-state index is 0. The van der Waals surface area contributed by atoms with Crippen molar-refractivity contribution < 1.29 is 13.2 Å². The minimum atomic E-state index is -3.49. The van der Waals surface area contributed by atoms with Crippen molar-refractivity contribution in [2.24, 2.45) is 4.99 Å². The third-order valence-corrected chi connectivity index (χ3v) is 7.45. The van der Waals surface area contributed by atoms with Crippen molar-refractivity contribution in [3.63, 3.8) is 0 Å². The highest BCUT2D eigenvalue weighted by Crippen LogP contribution is 2.23. The molecule has 2 aromatic rings. The Hall–Kier alpha value is -1.85. The van der Waals surface area contributed by atoms with E-state index in [-0.39, 0.29) is 24.0 Å². The lowest BCUT2D eigenvalue weighted by atomic mass is 10.1. The van der Waals surface area contributed by atoms with Crippen LogP contribution in [0.2, 0.25) is 0 Å². The van der Waals surface area contributed by atoms with Crippen LogP contribution in [0.5, 0.6) is 5.75 Å². The van der Waals surface area contributed by atoms with E-state index in [2.05, 4.69) is 15.6 Å². The van der Waals surface area contributed by atoms with Crippen LogP contribution in [-0.2, 0) is 23.0 Å². The van der Waals surface area contributed by atoms with Crippen molar-refractivity contribution in [2.75, 3.05) is 33.8 Å². The lowest BCUT2D eigenvalue weighted by molar-refractivity contribution is 0.346. The van der Waals surface area contributed by atoms with Gasteiger partial charge in [-0.2, -0.15) is 4.31 Å². The first kappa shape index (κ1) is 26.4. The Labute approximate surface area is 208 Å². The maximum absolute atomic E-state index is 13.2. The summed E-state index contributed by atoms with van der Waals surface area (Å²) >= 11 is 0. The van der Waals surface area contributed by atoms with Crippen LogP contribution in [-0.4, -0.2) is 52.5 Å². The summed E-state index contributed by atoms with van der Waals surface area (Å²) in [5, 5.41) is 6.53. The molecule has 0 spiro atoms. The molecule has 176 valence electrons. The largest absolute Gasteiger partial charge is 0.496 e. The average molecular weight is 573 g/mol. The van der Waals surface area contributed by atoms with Crippen molar-refractivity contribution in [2.45, 2.75) is 37.1 Å². The second-order valence-corrected chi connectivity index (χ2v) is 9.39. The molecular weight excluding hydrogens is 539 g/mol. The molecule has 3 rings (SSSR count). The first-order chi connectivity index (χ1) is 15.1. The van der Waals surface area contributed by atoms with Crippen LogP contribution >= 0.6 is 24.0 Å². The summed E-state index contributed by atoms with van der Waals surface area (Å²) in [6.45, 7) is 2.23. The topological polar surface area (TPSA) is 83.0 Å². The first-order valence-corrected chi connectivity index (χ1v) is 12.1. The number of hydrogen-bond donors (Lipinski definition) is 2. The molecular formula is C23H33IN4O3S. The fourth-order valence-electron chi connectivity index (χ4n) is 3.77. The summed E-state index contributed by atoms with van der Waals surface area (Å²) in [7, 11) is -0.117. The van der Waals surface area contributed by atoms with Gasteiger partial charge in [-0.1, -0.05) is 42.8 Å². The number of rotatable bonds is 8. The van der Waals surface area contributed by atoms with Gasteiger partial charge in [-0.05, 0) is 42.5 Å². The van der Waals surface area contributed by atoms with Crippen LogP contribution < -0.4 is 15.4 Å². The SMILES string of the molecule is CN=C(NCCc1ccccc1OC)NCc1ccccc1S(=O)(=O)N1CCCCC1.I. The van der Waals surface area contributed by atoms with Crippen molar-refractivity contribution in [1.82, 2.24) is 14.9 Å². The number of piperidine rings is 1. The molecule has 1 heterocycles. The maximum atomic E-state index is 13.2. The number of aliphatic imine (C=N–C) groups is 1. The number of guanidine groups is 1. The Balaban J connectivity index is 0.00000363. The molecule has 1 saturated heterocycles. The first-order valence-electron chi connectivity index (χ1n) is 10.7. The summed E-state index contributed by atoms with van der Waals surface area (Å²) in [5.74, 6) is 1.49. The van der Waals surface area contributed by atoms with E-state index in [1.165, 1.54) is 0 Å². The molecule has 0 radical (unpaired) electrons. The van der Waals surface area contributed by atoms with E-state index in [0.717, 1.165) is 42.6 Å². The second-order valence-electron chi connectivity index (χ2n) is 7.49. The number of nitrogens with one attached hydrogen (secondary N) is 2. The molecule has 32 heavy (non-hydrogen) atoms. The van der Waals surface area contributed by atoms with Crippen LogP contribution in [0.25, 0.3) is 0 Å². The van der Waals surface area contributed by atoms with Crippen LogP contribution in [0.3, 0.4) is 0 Å². The van der Waals surface area contributed by atoms with Gasteiger partial charge in [-0.15, -0.1) is 24.0 Å². The predicted molar refractivity (Wildman–Crippen MR) is 139 cm³/mol. The number of ether oxygens (including phenoxy) is 1. The van der Waals surface area contributed by atoms with Crippen molar-refractivity contribution in [3.05, 3.63) is 59.7 Å². The molecule has 2 aromatic carbocycles. The fraction of sp³-hybridized carbons (Fsp3) is 0.435. The smallest absolute Gasteiger partial charge is 0.243 e. The lowest BCUT2D eigenvalue weighted by Crippen LogP contribution is -2.39. The maximum Gasteiger partial charge on any atom is 0.243 e. The number of methoxy groups -OCH3 is 1. The standard InChI is InChI=1S/C23H32N4O3S.HI/c1-24-23(25-15-14-19-10-4-6-12-21(19)30-2)26-18-20-11-5-7-13-22(20)31(28,29)27-16-8-3-9-17-27;/h4-7,10-13H,3,8-9,14-18H2,1-2H3,(H2,24,25,26);1H. The fourth-order valence-corrected chi connectivity index (χ4v) is 5.51. The van der Waals surface area contributed by atoms with Crippen LogP contribution in [0.15, 0.2) is 58.4 Å². The molecule has 1 aliphatic rings. The van der Waals surface area contributed by atoms with Crippen LogP contribution in [0.1, 0.15) is 30.4 Å². The number of hydrogen-bond acceptors (Lipinski definition) is 4. The van der Waals surface area contributed by atoms with Gasteiger partial charge in [0, 0.05) is 33.2 Å². The normalized spacial score (nSPS) is 15.0. The highest BCUT2D eigenvalue weighted by Gasteiger charge is 2.27. The second kappa shape index (κ2) is 13.0. The van der Waals surface area contributed by atoms with Crippen LogP contribution in [0, 0.1) is 0 Å². The monoisotopic (exact) mass is 572 g/mol. The molecule has 9 heteroatoms. The van der Waals surface area contributed by atoms with Gasteiger partial charge in [0.1, 0.15) is 5.75 Å². The Morgan fingerprint density at radius 3 is 2.34 bits per heavy atom. The molecule has 2 N–H and O–H groups in total. The van der Waals surface area contributed by atoms with Gasteiger partial charge in [0.25, 0.3) is 0 Å². The van der Waals surface area contributed by atoms with Gasteiger partial charge in [0.05, 0.1) is 12.0 Å². The van der Waals surface area contributed by atoms with E-state index in [1.807, 2.05) is 36.4 Å². The summed E-state index contributed by atoms with van der Waals surface area (Å²) in [6, 6.07) is 15.1. The Kier molecular flexibility index (Phi) is 10.7. The highest BCUT2D eigenvalue weighted by atomic mass is 127. The third-order valence-electron chi connectivity index (χ3n) is 5.45. The van der Waals surface area contributed by atoms with E-state index in [9.17, 15) is 8.42 Å². The quantitative estimate of drug-likeness (QED) is 0.288. The lowest BCUT2D eigenvalue weighted by Gasteiger charge is -2.27. The predicted octanol–water partition coefficient (Wildman–Crippen LogP) is 3.40. The van der Waals surface area contributed by atoms with E-state index < -0.39 is 10.0 Å². The molecule has 1 aliphatic heterocycles. The van der Waals surface area contributed by atoms with Gasteiger partial charge in [-0.3, -0.25) is 4.99 Å². The van der Waals surface area contributed by atoms with Gasteiger partial charge < -0.3 is 15.4 Å². The molecule has 0 aliphatic carbocycles. The van der Waals surface area contributed by atoms with Gasteiger partial charge in [0.15, 0.2) is 5.96 Å². The zero-order valence-corrected chi connectivity index (χ0v) is 21.9. The molecule has 0 unspecified atom stereocenters. The summed E-state index contributed by atoms with van der Waals surface area (Å²) < 4.78 is 33.3. The molecule has 7 nitrogen and oxygen atoms in total. The Morgan fingerprint density at radius 1 is 1.00 bits per heavy atom. The molecule has 0 aromatic heterocycles. The number of nitrogens with zero attached hydrogens (tertiary/aromatic N) is 2. The van der Waals surface area contributed by atoms with E-state index >= 15 is 0 Å². The highest BCUT2D eigenvalue weighted by molar-refractivity contribution is 14.0. The number of para-hydroxylation sites is 1. The van der Waals surface area contributed by atoms with E-state index in [4.69, 9.17) is 4.74 Å². The third kappa shape index (κ3) is 6.82. The average Bonchev–Trinajstić information content (AvgIpc) is 2.82. The Bertz CT molecular complexity index is 992. The Morgan fingerprint density at radius 2 is 1.66 bits per heavy atom. The number of sulfonamides is 1. The van der Waals surface area contributed by atoms with Crippen molar-refractivity contribution >= 4 is 40.0 Å².